The molecule has 4 heterocycles. The lowest BCUT2D eigenvalue weighted by Crippen LogP contribution is -2.54. The number of hydrogen-bond donors (Lipinski definition) is 4. The van der Waals surface area contributed by atoms with Gasteiger partial charge in [0, 0.05) is 50.2 Å². The molecule has 16 nitrogen and oxygen atoms in total. The van der Waals surface area contributed by atoms with Crippen LogP contribution in [0.3, 0.4) is 0 Å². The number of amides is 5. The van der Waals surface area contributed by atoms with E-state index >= 15 is 0 Å². The van der Waals surface area contributed by atoms with E-state index in [4.69, 9.17) is 0 Å². The van der Waals surface area contributed by atoms with E-state index in [0.29, 0.717) is 22.5 Å². The number of hydrogen-bond acceptors (Lipinski definition) is 11. The highest BCUT2D eigenvalue weighted by atomic mass is 32.1. The van der Waals surface area contributed by atoms with Gasteiger partial charge >= 0.3 is 0 Å². The maximum absolute atomic E-state index is 13.9. The average Bonchev–Trinajstić information content (AvgIpc) is 3.76. The molecule has 3 atom stereocenters. The van der Waals surface area contributed by atoms with Crippen molar-refractivity contribution in [1.82, 2.24) is 55.9 Å². The fourth-order valence-electron chi connectivity index (χ4n) is 5.65. The molecule has 0 saturated carbocycles. The van der Waals surface area contributed by atoms with Crippen molar-refractivity contribution in [2.75, 3.05) is 19.6 Å². The standard InChI is InChI=1S/C35H43N11O5S/c1-21(2)29-31-40-23(4)44-46(31)19-28(48)36-15-17-45(35(51)26-20-52-34(42-26)30-37-13-9-14-38-30)16-8-12-27(47)39-22(3)32(49)41-25(33(50)43-29)18-24-10-6-5-7-11-24/h5-7,9-11,13-14,20-22,25,29H,8,12,15-19H2,1-4H3,(H,36,48)(H,39,47)(H,41,49)(H,43,50)/t22-,25+,29-/m0/s1. The molecule has 3 aromatic heterocycles. The van der Waals surface area contributed by atoms with E-state index < -0.39 is 35.8 Å². The Hall–Kier alpha value is -5.58. The first-order valence-corrected chi connectivity index (χ1v) is 18.0. The number of carbonyl (C=O) groups excluding carboxylic acids is 5. The summed E-state index contributed by atoms with van der Waals surface area (Å²) in [7, 11) is 0. The first kappa shape index (κ1) is 37.7. The minimum Gasteiger partial charge on any atom is -0.353 e. The molecule has 0 bridgehead atoms. The molecule has 0 radical (unpaired) electrons. The van der Waals surface area contributed by atoms with E-state index in [1.54, 1.807) is 37.7 Å². The van der Waals surface area contributed by atoms with Gasteiger partial charge in [-0.1, -0.05) is 44.2 Å². The second kappa shape index (κ2) is 17.6. The maximum atomic E-state index is 13.9. The zero-order chi connectivity index (χ0) is 37.2. The van der Waals surface area contributed by atoms with Crippen molar-refractivity contribution in [3.05, 3.63) is 77.1 Å². The predicted molar refractivity (Wildman–Crippen MR) is 191 cm³/mol. The number of nitrogens with zero attached hydrogens (tertiary/aromatic N) is 7. The SMILES string of the molecule is Cc1nc2n(n1)CC(=O)NCCN(C(=O)c1csc(-c3ncccn3)n1)CCCC(=O)N[C@@H](C)C(=O)N[C@H](Cc1ccccc1)C(=O)N[C@H]2C(C)C. The van der Waals surface area contributed by atoms with Crippen LogP contribution in [0, 0.1) is 12.8 Å². The Kier molecular flexibility index (Phi) is 12.7. The fourth-order valence-corrected chi connectivity index (χ4v) is 6.39. The molecule has 5 amide bonds. The summed E-state index contributed by atoms with van der Waals surface area (Å²) in [4.78, 5) is 86.1. The van der Waals surface area contributed by atoms with Gasteiger partial charge in [0.05, 0.1) is 6.04 Å². The Morgan fingerprint density at radius 1 is 0.942 bits per heavy atom. The van der Waals surface area contributed by atoms with Crippen LogP contribution >= 0.6 is 11.3 Å². The minimum absolute atomic E-state index is 0.0202. The summed E-state index contributed by atoms with van der Waals surface area (Å²) in [5, 5.41) is 18.0. The molecule has 0 fully saturated rings. The van der Waals surface area contributed by atoms with Gasteiger partial charge in [-0.2, -0.15) is 5.10 Å². The summed E-state index contributed by atoms with van der Waals surface area (Å²) < 4.78 is 1.46. The molecule has 17 heteroatoms. The molecule has 0 unspecified atom stereocenters. The summed E-state index contributed by atoms with van der Waals surface area (Å²) in [6.07, 6.45) is 3.67. The predicted octanol–water partition coefficient (Wildman–Crippen LogP) is 1.60. The fraction of sp³-hybridized carbons (Fsp3) is 0.429. The lowest BCUT2D eigenvalue weighted by Gasteiger charge is -2.27. The van der Waals surface area contributed by atoms with E-state index in [1.807, 2.05) is 44.2 Å². The van der Waals surface area contributed by atoms with Gasteiger partial charge in [-0.05, 0) is 37.8 Å². The van der Waals surface area contributed by atoms with Crippen molar-refractivity contribution in [1.29, 1.82) is 0 Å². The van der Waals surface area contributed by atoms with Crippen molar-refractivity contribution in [3.8, 4) is 10.8 Å². The molecule has 0 aliphatic carbocycles. The van der Waals surface area contributed by atoms with Crippen LogP contribution in [-0.2, 0) is 32.1 Å². The normalized spacial score (nSPS) is 19.9. The molecule has 4 aromatic rings. The third-order valence-corrected chi connectivity index (χ3v) is 9.17. The van der Waals surface area contributed by atoms with E-state index in [9.17, 15) is 24.0 Å². The first-order valence-electron chi connectivity index (χ1n) is 17.1. The van der Waals surface area contributed by atoms with Crippen molar-refractivity contribution >= 4 is 40.9 Å². The van der Waals surface area contributed by atoms with Gasteiger partial charge in [-0.25, -0.2) is 24.6 Å². The Balaban J connectivity index is 1.39. The third-order valence-electron chi connectivity index (χ3n) is 8.33. The van der Waals surface area contributed by atoms with Gasteiger partial charge in [-0.15, -0.1) is 11.3 Å². The number of aryl methyl sites for hydroxylation is 1. The second-order valence-corrected chi connectivity index (χ2v) is 13.7. The lowest BCUT2D eigenvalue weighted by molar-refractivity contribution is -0.132. The lowest BCUT2D eigenvalue weighted by atomic mass is 10.0. The van der Waals surface area contributed by atoms with Crippen molar-refractivity contribution in [2.24, 2.45) is 5.92 Å². The van der Waals surface area contributed by atoms with Crippen molar-refractivity contribution in [2.45, 2.75) is 71.6 Å². The van der Waals surface area contributed by atoms with Crippen LogP contribution in [0.2, 0.25) is 0 Å². The Morgan fingerprint density at radius 3 is 2.42 bits per heavy atom. The van der Waals surface area contributed by atoms with Gasteiger partial charge < -0.3 is 26.2 Å². The summed E-state index contributed by atoms with van der Waals surface area (Å²) in [6.45, 7) is 7.31. The van der Waals surface area contributed by atoms with Gasteiger partial charge in [0.15, 0.2) is 16.7 Å². The number of aromatic nitrogens is 6. The summed E-state index contributed by atoms with van der Waals surface area (Å²) in [5.74, 6) is -1.10. The summed E-state index contributed by atoms with van der Waals surface area (Å²) >= 11 is 1.24. The average molecular weight is 730 g/mol. The monoisotopic (exact) mass is 729 g/mol. The zero-order valence-corrected chi connectivity index (χ0v) is 30.4. The zero-order valence-electron chi connectivity index (χ0n) is 29.5. The molecule has 4 N–H and O–H groups in total. The summed E-state index contributed by atoms with van der Waals surface area (Å²) in [6, 6.07) is 8.37. The minimum atomic E-state index is -0.985. The quantitative estimate of drug-likeness (QED) is 0.234. The van der Waals surface area contributed by atoms with Gasteiger partial charge in [0.25, 0.3) is 5.91 Å². The highest BCUT2D eigenvalue weighted by Gasteiger charge is 2.31. The van der Waals surface area contributed by atoms with Crippen LogP contribution in [0.4, 0.5) is 0 Å². The number of fused-ring (bicyclic) bond motifs is 1. The Bertz CT molecular complexity index is 1860. The van der Waals surface area contributed by atoms with E-state index in [0.717, 1.165) is 5.56 Å². The smallest absolute Gasteiger partial charge is 0.273 e. The first-order chi connectivity index (χ1) is 25.0. The van der Waals surface area contributed by atoms with Crippen LogP contribution in [0.1, 0.15) is 67.4 Å². The van der Waals surface area contributed by atoms with E-state index in [2.05, 4.69) is 46.3 Å². The molecule has 0 saturated heterocycles. The van der Waals surface area contributed by atoms with Gasteiger partial charge in [-0.3, -0.25) is 24.0 Å². The van der Waals surface area contributed by atoms with Gasteiger partial charge in [0.1, 0.15) is 30.1 Å². The van der Waals surface area contributed by atoms with Gasteiger partial charge in [0.2, 0.25) is 23.6 Å². The highest BCUT2D eigenvalue weighted by Crippen LogP contribution is 2.22. The van der Waals surface area contributed by atoms with E-state index in [1.165, 1.54) is 20.9 Å². The molecule has 5 rings (SSSR count). The second-order valence-electron chi connectivity index (χ2n) is 12.8. The molecule has 1 aromatic carbocycles. The molecular weight excluding hydrogens is 687 g/mol. The van der Waals surface area contributed by atoms with Crippen LogP contribution in [0.15, 0.2) is 54.2 Å². The molecule has 1 aliphatic rings. The largest absolute Gasteiger partial charge is 0.353 e. The molecule has 274 valence electrons. The number of carbonyl (C=O) groups is 5. The Morgan fingerprint density at radius 2 is 1.69 bits per heavy atom. The third kappa shape index (κ3) is 10.0. The van der Waals surface area contributed by atoms with Crippen LogP contribution in [-0.4, -0.2) is 95.9 Å². The number of nitrogens with one attached hydrogen (secondary N) is 4. The van der Waals surface area contributed by atoms with Crippen molar-refractivity contribution in [3.63, 3.8) is 0 Å². The number of benzene rings is 1. The molecular formula is C35H43N11O5S. The molecule has 1 aliphatic heterocycles. The maximum Gasteiger partial charge on any atom is 0.273 e. The molecule has 0 spiro atoms. The van der Waals surface area contributed by atoms with Crippen LogP contribution in [0.25, 0.3) is 10.8 Å². The number of rotatable bonds is 5. The van der Waals surface area contributed by atoms with Crippen LogP contribution < -0.4 is 21.3 Å². The Labute approximate surface area is 305 Å². The topological polar surface area (TPSA) is 206 Å². The summed E-state index contributed by atoms with van der Waals surface area (Å²) in [5.41, 5.74) is 1.02. The van der Waals surface area contributed by atoms with Crippen molar-refractivity contribution < 1.29 is 24.0 Å². The highest BCUT2D eigenvalue weighted by molar-refractivity contribution is 7.13. The number of thiazole rings is 1. The van der Waals surface area contributed by atoms with Crippen LogP contribution in [0.5, 0.6) is 0 Å². The molecule has 52 heavy (non-hydrogen) atoms. The van der Waals surface area contributed by atoms with E-state index in [-0.39, 0.29) is 68.9 Å².